The lowest BCUT2D eigenvalue weighted by molar-refractivity contribution is 0.203. The van der Waals surface area contributed by atoms with Crippen LogP contribution in [0.1, 0.15) is 49.3 Å². The Morgan fingerprint density at radius 3 is 2.44 bits per heavy atom. The van der Waals surface area contributed by atoms with Crippen LogP contribution in [0.2, 0.25) is 5.02 Å². The Bertz CT molecular complexity index is 1530. The van der Waals surface area contributed by atoms with Gasteiger partial charge in [0.1, 0.15) is 0 Å². The molecule has 1 heterocycles. The van der Waals surface area contributed by atoms with E-state index in [-0.39, 0.29) is 35.6 Å². The molecule has 1 unspecified atom stereocenters. The maximum Gasteiger partial charge on any atom is 0.165 e. The fourth-order valence-electron chi connectivity index (χ4n) is 5.28. The monoisotopic (exact) mass is 554 g/mol. The molecule has 3 aromatic carbocycles. The first-order valence-corrected chi connectivity index (χ1v) is 13.0. The Labute approximate surface area is 227 Å². The van der Waals surface area contributed by atoms with E-state index in [1.165, 1.54) is 24.3 Å². The molecule has 0 aliphatic heterocycles. The van der Waals surface area contributed by atoms with Crippen molar-refractivity contribution in [2.45, 2.75) is 38.0 Å². The number of benzene rings is 3. The smallest absolute Gasteiger partial charge is 0.165 e. The maximum absolute atomic E-state index is 15.0. The number of nitrogens with zero attached hydrogens (tertiary/aromatic N) is 4. The molecule has 202 valence electrons. The van der Waals surface area contributed by atoms with Gasteiger partial charge in [0, 0.05) is 28.0 Å². The number of hydrogen-bond donors (Lipinski definition) is 2. The lowest BCUT2D eigenvalue weighted by atomic mass is 9.78. The Morgan fingerprint density at radius 1 is 1.03 bits per heavy atom. The first kappa shape index (κ1) is 26.7. The van der Waals surface area contributed by atoms with Gasteiger partial charge in [0.25, 0.3) is 0 Å². The van der Waals surface area contributed by atoms with E-state index < -0.39 is 17.5 Å². The van der Waals surface area contributed by atoms with Crippen molar-refractivity contribution in [3.8, 4) is 11.4 Å². The predicted molar refractivity (Wildman–Crippen MR) is 143 cm³/mol. The molecule has 0 amide bonds. The normalized spacial score (nSPS) is 15.4. The summed E-state index contributed by atoms with van der Waals surface area (Å²) in [6.45, 7) is 0.0833. The van der Waals surface area contributed by atoms with Crippen LogP contribution in [0, 0.1) is 28.9 Å². The van der Waals surface area contributed by atoms with Crippen LogP contribution in [0.15, 0.2) is 64.9 Å². The molecule has 1 aliphatic carbocycles. The molecule has 1 saturated carbocycles. The van der Waals surface area contributed by atoms with Crippen molar-refractivity contribution in [1.29, 1.82) is 5.53 Å². The molecule has 3 N–H and O–H groups in total. The minimum absolute atomic E-state index is 0.00857. The second-order valence-corrected chi connectivity index (χ2v) is 10.0. The summed E-state index contributed by atoms with van der Waals surface area (Å²) in [6.07, 6.45) is 5.00. The molecular weight excluding hydrogens is 529 g/mol. The van der Waals surface area contributed by atoms with E-state index in [1.807, 2.05) is 0 Å². The van der Waals surface area contributed by atoms with Crippen LogP contribution in [0.3, 0.4) is 0 Å². The summed E-state index contributed by atoms with van der Waals surface area (Å²) < 4.78 is 51.4. The van der Waals surface area contributed by atoms with Crippen LogP contribution in [0.5, 0.6) is 5.75 Å². The predicted octanol–water partition coefficient (Wildman–Crippen LogP) is 7.49. The Balaban J connectivity index is 1.58. The topological polar surface area (TPSA) is 102 Å². The summed E-state index contributed by atoms with van der Waals surface area (Å²) in [7, 11) is 0. The highest BCUT2D eigenvalue weighted by atomic mass is 35.5. The van der Waals surface area contributed by atoms with Crippen LogP contribution >= 0.6 is 11.6 Å². The number of fused-ring (bicyclic) bond motifs is 1. The van der Waals surface area contributed by atoms with Crippen molar-refractivity contribution < 1.29 is 17.9 Å². The molecule has 1 fully saturated rings. The average molecular weight is 555 g/mol. The minimum atomic E-state index is -0.983. The highest BCUT2D eigenvalue weighted by Gasteiger charge is 2.32. The van der Waals surface area contributed by atoms with E-state index in [4.69, 9.17) is 27.6 Å². The van der Waals surface area contributed by atoms with Gasteiger partial charge in [-0.25, -0.2) is 17.9 Å². The molecule has 0 spiro atoms. The summed E-state index contributed by atoms with van der Waals surface area (Å²) in [5.74, 6) is -2.84. The van der Waals surface area contributed by atoms with Crippen molar-refractivity contribution in [1.82, 2.24) is 9.78 Å². The highest BCUT2D eigenvalue weighted by molar-refractivity contribution is 6.30. The minimum Gasteiger partial charge on any atom is -0.490 e. The number of amidine groups is 1. The summed E-state index contributed by atoms with van der Waals surface area (Å²) in [6, 6.07) is 13.4. The summed E-state index contributed by atoms with van der Waals surface area (Å²) in [5.41, 5.74) is 14.5. The van der Waals surface area contributed by atoms with Gasteiger partial charge in [0.2, 0.25) is 0 Å². The van der Waals surface area contributed by atoms with E-state index in [0.717, 1.165) is 38.2 Å². The lowest BCUT2D eigenvalue weighted by Gasteiger charge is -2.31. The Morgan fingerprint density at radius 2 is 1.74 bits per heavy atom. The quantitative estimate of drug-likeness (QED) is 0.102. The van der Waals surface area contributed by atoms with Crippen molar-refractivity contribution in [2.24, 2.45) is 22.0 Å². The summed E-state index contributed by atoms with van der Waals surface area (Å²) in [4.78, 5) is 0. The number of hydrogen-bond acceptors (Lipinski definition) is 4. The molecule has 1 atom stereocenters. The van der Waals surface area contributed by atoms with Gasteiger partial charge in [-0.3, -0.25) is 0 Å². The third-order valence-electron chi connectivity index (χ3n) is 7.20. The zero-order chi connectivity index (χ0) is 27.5. The van der Waals surface area contributed by atoms with Crippen LogP contribution in [0.25, 0.3) is 16.6 Å². The van der Waals surface area contributed by atoms with E-state index >= 15 is 0 Å². The molecule has 11 heteroatoms. The van der Waals surface area contributed by atoms with Crippen LogP contribution in [-0.2, 0) is 0 Å². The number of halogens is 4. The van der Waals surface area contributed by atoms with Crippen molar-refractivity contribution in [3.63, 3.8) is 0 Å². The van der Waals surface area contributed by atoms with Crippen molar-refractivity contribution >= 4 is 28.3 Å². The summed E-state index contributed by atoms with van der Waals surface area (Å²) in [5, 5.41) is 12.0. The molecular formula is C28H26ClF3N6O. The van der Waals surface area contributed by atoms with Gasteiger partial charge in [-0.1, -0.05) is 36.1 Å². The van der Waals surface area contributed by atoms with E-state index in [1.54, 1.807) is 28.9 Å². The first-order chi connectivity index (χ1) is 18.9. The third kappa shape index (κ3) is 5.61. The molecule has 1 aliphatic rings. The molecule has 4 aromatic rings. The van der Waals surface area contributed by atoms with Gasteiger partial charge in [0.15, 0.2) is 29.0 Å². The Hall–Kier alpha value is -3.92. The second kappa shape index (κ2) is 11.4. The molecule has 0 bridgehead atoms. The zero-order valence-corrected chi connectivity index (χ0v) is 21.6. The van der Waals surface area contributed by atoms with Gasteiger partial charge in [0.05, 0.1) is 23.5 Å². The molecule has 39 heavy (non-hydrogen) atoms. The number of rotatable bonds is 8. The summed E-state index contributed by atoms with van der Waals surface area (Å²) >= 11 is 6.11. The zero-order valence-electron chi connectivity index (χ0n) is 20.9. The Kier molecular flexibility index (Phi) is 7.83. The molecule has 0 radical (unpaired) electrons. The van der Waals surface area contributed by atoms with Gasteiger partial charge < -0.3 is 10.5 Å². The SMILES string of the molecule is N=NN=C(N)c1ccc(OCC(c2c3cc(F)c(F)cc3nn2-c2ccc(Cl)cc2)C2CCCCC2)c(F)c1. The molecule has 7 nitrogen and oxygen atoms in total. The number of ether oxygens (including phenoxy) is 1. The third-order valence-corrected chi connectivity index (χ3v) is 7.45. The van der Waals surface area contributed by atoms with Crippen LogP contribution in [-0.4, -0.2) is 22.2 Å². The van der Waals surface area contributed by atoms with Gasteiger partial charge >= 0.3 is 0 Å². The maximum atomic E-state index is 15.0. The van der Waals surface area contributed by atoms with Crippen molar-refractivity contribution in [3.05, 3.63) is 88.3 Å². The highest BCUT2D eigenvalue weighted by Crippen LogP contribution is 2.41. The van der Waals surface area contributed by atoms with E-state index in [0.29, 0.717) is 27.3 Å². The molecule has 1 aromatic heterocycles. The van der Waals surface area contributed by atoms with Gasteiger partial charge in [-0.05, 0) is 67.3 Å². The first-order valence-electron chi connectivity index (χ1n) is 12.6. The van der Waals surface area contributed by atoms with Gasteiger partial charge in [-0.2, -0.15) is 10.6 Å². The van der Waals surface area contributed by atoms with E-state index in [9.17, 15) is 13.2 Å². The average Bonchev–Trinajstić information content (AvgIpc) is 3.28. The molecule has 0 saturated heterocycles. The standard InChI is InChI=1S/C28H26ClF3N6O/c29-18-7-9-19(10-8-18)38-27(20-13-22(30)23(31)14-25(20)36-38)21(16-4-2-1-3-5-16)15-39-26-11-6-17(12-24(26)32)28(33)35-37-34/h6-14,16,21H,1-5,15H2,(H3,33,34,35). The lowest BCUT2D eigenvalue weighted by Crippen LogP contribution is -2.25. The van der Waals surface area contributed by atoms with E-state index in [2.05, 4.69) is 15.4 Å². The van der Waals surface area contributed by atoms with Crippen molar-refractivity contribution in [2.75, 3.05) is 6.61 Å². The fourth-order valence-corrected chi connectivity index (χ4v) is 5.41. The largest absolute Gasteiger partial charge is 0.490 e. The second-order valence-electron chi connectivity index (χ2n) is 9.60. The molecule has 5 rings (SSSR count). The number of nitrogens with two attached hydrogens (primary N) is 1. The van der Waals surface area contributed by atoms with Crippen LogP contribution < -0.4 is 10.5 Å². The fraction of sp³-hybridized carbons (Fsp3) is 0.286. The van der Waals surface area contributed by atoms with Crippen LogP contribution in [0.4, 0.5) is 13.2 Å². The number of nitrogens with one attached hydrogen (secondary N) is 1. The van der Waals surface area contributed by atoms with Gasteiger partial charge in [-0.15, -0.1) is 5.10 Å². The number of aromatic nitrogens is 2.